The zero-order chi connectivity index (χ0) is 18.6. The molecule has 26 heavy (non-hydrogen) atoms. The molecule has 0 aliphatic heterocycles. The highest BCUT2D eigenvalue weighted by Crippen LogP contribution is 2.70. The van der Waals surface area contributed by atoms with E-state index in [2.05, 4.69) is 20.8 Å². The molecule has 4 fully saturated rings. The molecule has 0 saturated heterocycles. The summed E-state index contributed by atoms with van der Waals surface area (Å²) in [5, 5.41) is 11.4. The van der Waals surface area contributed by atoms with Gasteiger partial charge in [-0.2, -0.15) is 0 Å². The molecule has 7 unspecified atom stereocenters. The number of aliphatic hydroxyl groups excluding tert-OH is 1. The lowest BCUT2D eigenvalue weighted by Crippen LogP contribution is -2.61. The summed E-state index contributed by atoms with van der Waals surface area (Å²) in [6.07, 6.45) is 15.9. The highest BCUT2D eigenvalue weighted by molar-refractivity contribution is 5.13. The summed E-state index contributed by atoms with van der Waals surface area (Å²) in [5.74, 6) is 2.98. The molecule has 0 radical (unpaired) electrons. The largest absolute Gasteiger partial charge is 0.393 e. The second-order valence-corrected chi connectivity index (χ2v) is 11.4. The van der Waals surface area contributed by atoms with Crippen molar-refractivity contribution in [3.63, 3.8) is 0 Å². The van der Waals surface area contributed by atoms with E-state index < -0.39 is 0 Å². The second kappa shape index (κ2) is 6.76. The number of unbranched alkanes of at least 4 members (excludes halogenated alkanes) is 1. The average molecular weight is 362 g/mol. The van der Waals surface area contributed by atoms with E-state index >= 15 is 0 Å². The van der Waals surface area contributed by atoms with Crippen LogP contribution in [0.4, 0.5) is 0 Å². The highest BCUT2D eigenvalue weighted by atomic mass is 16.3. The molecule has 2 nitrogen and oxygen atoms in total. The molecule has 0 aromatic carbocycles. The maximum Gasteiger partial charge on any atom is 0.0579 e. The minimum Gasteiger partial charge on any atom is -0.393 e. The Kier molecular flexibility index (Phi) is 5.01. The molecule has 0 spiro atoms. The van der Waals surface area contributed by atoms with E-state index in [4.69, 9.17) is 5.73 Å². The molecule has 0 aromatic heterocycles. The van der Waals surface area contributed by atoms with Crippen molar-refractivity contribution < 1.29 is 5.11 Å². The van der Waals surface area contributed by atoms with Gasteiger partial charge in [0.05, 0.1) is 6.10 Å². The van der Waals surface area contributed by atoms with Crippen LogP contribution < -0.4 is 5.73 Å². The van der Waals surface area contributed by atoms with E-state index in [0.717, 1.165) is 30.7 Å². The maximum absolute atomic E-state index is 11.4. The molecule has 0 amide bonds. The van der Waals surface area contributed by atoms with E-state index in [1.165, 1.54) is 70.6 Å². The van der Waals surface area contributed by atoms with Crippen molar-refractivity contribution in [2.75, 3.05) is 6.54 Å². The summed E-state index contributed by atoms with van der Waals surface area (Å²) >= 11 is 0. The molecule has 3 N–H and O–H groups in total. The summed E-state index contributed by atoms with van der Waals surface area (Å²) in [6.45, 7) is 8.57. The smallest absolute Gasteiger partial charge is 0.0579 e. The second-order valence-electron chi connectivity index (χ2n) is 11.4. The number of hydrogen-bond donors (Lipinski definition) is 2. The van der Waals surface area contributed by atoms with E-state index in [9.17, 15) is 5.11 Å². The summed E-state index contributed by atoms with van der Waals surface area (Å²) in [5.41, 5.74) is 7.06. The summed E-state index contributed by atoms with van der Waals surface area (Å²) < 4.78 is 0. The van der Waals surface area contributed by atoms with Crippen LogP contribution in [-0.4, -0.2) is 17.8 Å². The van der Waals surface area contributed by atoms with Gasteiger partial charge in [-0.1, -0.05) is 40.0 Å². The van der Waals surface area contributed by atoms with Gasteiger partial charge in [0.25, 0.3) is 0 Å². The standard InChI is InChI=1S/C24H43NO/c1-22-12-5-6-13-24(22,3)19-11-14-23(2)17(8-4-7-15-25)9-10-18(23)21(19)20(26)16-22/h17-21,26H,4-16,25H2,1-3H3/t17?,18?,19?,20-,21?,22?,23?,24?/m1/s1. The van der Waals surface area contributed by atoms with E-state index in [1.54, 1.807) is 0 Å². The van der Waals surface area contributed by atoms with Gasteiger partial charge in [-0.15, -0.1) is 0 Å². The first-order valence-electron chi connectivity index (χ1n) is 11.7. The monoisotopic (exact) mass is 361 g/mol. The van der Waals surface area contributed by atoms with Crippen LogP contribution >= 0.6 is 0 Å². The first-order valence-corrected chi connectivity index (χ1v) is 11.7. The Balaban J connectivity index is 1.58. The average Bonchev–Trinajstić information content (AvgIpc) is 2.93. The lowest BCUT2D eigenvalue weighted by molar-refractivity contribution is -0.197. The van der Waals surface area contributed by atoms with Crippen molar-refractivity contribution >= 4 is 0 Å². The van der Waals surface area contributed by atoms with Crippen LogP contribution in [-0.2, 0) is 0 Å². The Labute approximate surface area is 161 Å². The first-order chi connectivity index (χ1) is 12.4. The normalized spacial score (nSPS) is 53.7. The molecule has 4 saturated carbocycles. The van der Waals surface area contributed by atoms with Crippen LogP contribution in [0.25, 0.3) is 0 Å². The Bertz CT molecular complexity index is 520. The first kappa shape index (κ1) is 19.2. The molecular formula is C24H43NO. The van der Waals surface area contributed by atoms with Gasteiger partial charge in [-0.3, -0.25) is 0 Å². The molecule has 0 aromatic rings. The lowest BCUT2D eigenvalue weighted by Gasteiger charge is -2.66. The molecule has 4 rings (SSSR count). The zero-order valence-electron chi connectivity index (χ0n) is 17.6. The van der Waals surface area contributed by atoms with Crippen molar-refractivity contribution in [2.24, 2.45) is 45.7 Å². The molecular weight excluding hydrogens is 318 g/mol. The van der Waals surface area contributed by atoms with Gasteiger partial charge in [0.15, 0.2) is 0 Å². The van der Waals surface area contributed by atoms with Crippen LogP contribution in [0.2, 0.25) is 0 Å². The molecule has 150 valence electrons. The van der Waals surface area contributed by atoms with Crippen LogP contribution in [0.3, 0.4) is 0 Å². The zero-order valence-corrected chi connectivity index (χ0v) is 17.6. The van der Waals surface area contributed by atoms with E-state index in [-0.39, 0.29) is 6.10 Å². The Hall–Kier alpha value is -0.0800. The van der Waals surface area contributed by atoms with Gasteiger partial charge in [0, 0.05) is 0 Å². The summed E-state index contributed by atoms with van der Waals surface area (Å²) in [4.78, 5) is 0. The SMILES string of the molecule is CC12CCC3C(C1CCC2CCCCN)[C@H](O)CC1(C)CCCCC31C. The molecule has 8 atom stereocenters. The topological polar surface area (TPSA) is 46.2 Å². The molecule has 0 bridgehead atoms. The fourth-order valence-corrected chi connectivity index (χ4v) is 8.75. The van der Waals surface area contributed by atoms with Crippen molar-refractivity contribution in [3.8, 4) is 0 Å². The van der Waals surface area contributed by atoms with Crippen molar-refractivity contribution in [2.45, 2.75) is 104 Å². The molecule has 4 aliphatic carbocycles. The van der Waals surface area contributed by atoms with E-state index in [0.29, 0.717) is 22.2 Å². The Morgan fingerprint density at radius 3 is 2.46 bits per heavy atom. The number of fused-ring (bicyclic) bond motifs is 5. The predicted octanol–water partition coefficient (Wildman–Crippen LogP) is 5.53. The number of nitrogens with two attached hydrogens (primary N) is 1. The maximum atomic E-state index is 11.4. The van der Waals surface area contributed by atoms with Gasteiger partial charge in [0.1, 0.15) is 0 Å². The summed E-state index contributed by atoms with van der Waals surface area (Å²) in [7, 11) is 0. The van der Waals surface area contributed by atoms with Crippen LogP contribution in [0.5, 0.6) is 0 Å². The minimum absolute atomic E-state index is 0.0522. The van der Waals surface area contributed by atoms with Crippen LogP contribution in [0, 0.1) is 39.9 Å². The fraction of sp³-hybridized carbons (Fsp3) is 1.00. The third kappa shape index (κ3) is 2.65. The lowest BCUT2D eigenvalue weighted by atomic mass is 9.40. The summed E-state index contributed by atoms with van der Waals surface area (Å²) in [6, 6.07) is 0. The third-order valence-corrected chi connectivity index (χ3v) is 10.5. The number of hydrogen-bond acceptors (Lipinski definition) is 2. The van der Waals surface area contributed by atoms with Gasteiger partial charge < -0.3 is 10.8 Å². The molecule has 0 heterocycles. The predicted molar refractivity (Wildman–Crippen MR) is 109 cm³/mol. The Morgan fingerprint density at radius 2 is 1.69 bits per heavy atom. The third-order valence-electron chi connectivity index (χ3n) is 10.5. The van der Waals surface area contributed by atoms with Crippen LogP contribution in [0.1, 0.15) is 97.8 Å². The quantitative estimate of drug-likeness (QED) is 0.647. The number of aliphatic hydroxyl groups is 1. The number of rotatable bonds is 4. The fourth-order valence-electron chi connectivity index (χ4n) is 8.75. The minimum atomic E-state index is -0.0522. The van der Waals surface area contributed by atoms with Crippen molar-refractivity contribution in [1.82, 2.24) is 0 Å². The molecule has 2 heteroatoms. The Morgan fingerprint density at radius 1 is 0.923 bits per heavy atom. The van der Waals surface area contributed by atoms with Crippen molar-refractivity contribution in [1.29, 1.82) is 0 Å². The van der Waals surface area contributed by atoms with Crippen molar-refractivity contribution in [3.05, 3.63) is 0 Å². The van der Waals surface area contributed by atoms with Gasteiger partial charge in [0.2, 0.25) is 0 Å². The van der Waals surface area contributed by atoms with Crippen LogP contribution in [0.15, 0.2) is 0 Å². The highest BCUT2D eigenvalue weighted by Gasteiger charge is 2.64. The van der Waals surface area contributed by atoms with Gasteiger partial charge in [-0.05, 0) is 104 Å². The van der Waals surface area contributed by atoms with Gasteiger partial charge >= 0.3 is 0 Å². The van der Waals surface area contributed by atoms with E-state index in [1.807, 2.05) is 0 Å². The van der Waals surface area contributed by atoms with Gasteiger partial charge in [-0.25, -0.2) is 0 Å². The molecule has 4 aliphatic rings.